The fourth-order valence-corrected chi connectivity index (χ4v) is 1.28. The quantitative estimate of drug-likeness (QED) is 0.665. The van der Waals surface area contributed by atoms with Crippen LogP contribution in [0.25, 0.3) is 0 Å². The highest BCUT2D eigenvalue weighted by molar-refractivity contribution is 5.90. The van der Waals surface area contributed by atoms with Gasteiger partial charge in [0.25, 0.3) is 0 Å². The number of aromatic carboxylic acids is 1. The first-order valence-electron chi connectivity index (χ1n) is 5.92. The second kappa shape index (κ2) is 7.72. The third-order valence-electron chi connectivity index (χ3n) is 2.16. The molecular formula is C12H15N3O5. The molecule has 20 heavy (non-hydrogen) atoms. The number of pyridine rings is 1. The smallest absolute Gasteiger partial charge is 0.354 e. The van der Waals surface area contributed by atoms with Crippen molar-refractivity contribution >= 4 is 23.7 Å². The lowest BCUT2D eigenvalue weighted by Gasteiger charge is -2.07. The van der Waals surface area contributed by atoms with Gasteiger partial charge in [-0.05, 0) is 19.1 Å². The predicted molar refractivity (Wildman–Crippen MR) is 69.5 cm³/mol. The van der Waals surface area contributed by atoms with Crippen LogP contribution in [0.3, 0.4) is 0 Å². The van der Waals surface area contributed by atoms with Crippen LogP contribution >= 0.6 is 0 Å². The Balaban J connectivity index is 2.35. The molecule has 2 amide bonds. The van der Waals surface area contributed by atoms with E-state index in [9.17, 15) is 14.4 Å². The fraction of sp³-hybridized carbons (Fsp3) is 0.333. The number of nitrogens with one attached hydrogen (secondary N) is 2. The number of carbonyl (C=O) groups excluding carboxylic acids is 2. The van der Waals surface area contributed by atoms with Gasteiger partial charge in [0.15, 0.2) is 0 Å². The van der Waals surface area contributed by atoms with Gasteiger partial charge in [-0.25, -0.2) is 14.6 Å². The van der Waals surface area contributed by atoms with Crippen molar-refractivity contribution in [3.8, 4) is 0 Å². The van der Waals surface area contributed by atoms with E-state index in [1.807, 2.05) is 0 Å². The first-order valence-corrected chi connectivity index (χ1v) is 5.92. The number of ether oxygens (including phenoxy) is 1. The number of hydrogen-bond donors (Lipinski definition) is 3. The van der Waals surface area contributed by atoms with Gasteiger partial charge in [-0.1, -0.05) is 0 Å². The molecule has 0 fully saturated rings. The Morgan fingerprint density at radius 1 is 1.35 bits per heavy atom. The monoisotopic (exact) mass is 281 g/mol. The maximum Gasteiger partial charge on any atom is 0.354 e. The van der Waals surface area contributed by atoms with E-state index >= 15 is 0 Å². The molecule has 8 nitrogen and oxygen atoms in total. The van der Waals surface area contributed by atoms with Gasteiger partial charge in [-0.3, -0.25) is 4.79 Å². The number of esters is 1. The standard InChI is InChI=1S/C12H15N3O5/c1-2-20-10(16)5-6-13-12(19)15-8-3-4-9(11(17)18)14-7-8/h3-4,7H,2,5-6H2,1H3,(H,17,18)(H2,13,15,19). The molecule has 0 bridgehead atoms. The molecule has 1 rings (SSSR count). The molecule has 1 aromatic heterocycles. The molecule has 108 valence electrons. The third kappa shape index (κ3) is 5.34. The Bertz CT molecular complexity index is 486. The van der Waals surface area contributed by atoms with Gasteiger partial charge in [0, 0.05) is 6.54 Å². The van der Waals surface area contributed by atoms with E-state index < -0.39 is 12.0 Å². The van der Waals surface area contributed by atoms with E-state index in [1.54, 1.807) is 6.92 Å². The Labute approximate surface area is 115 Å². The van der Waals surface area contributed by atoms with Crippen molar-refractivity contribution in [3.05, 3.63) is 24.0 Å². The van der Waals surface area contributed by atoms with Crippen LogP contribution in [-0.4, -0.2) is 41.2 Å². The minimum Gasteiger partial charge on any atom is -0.477 e. The zero-order chi connectivity index (χ0) is 15.0. The average molecular weight is 281 g/mol. The van der Waals surface area contributed by atoms with E-state index in [0.717, 1.165) is 0 Å². The van der Waals surface area contributed by atoms with Crippen LogP contribution < -0.4 is 10.6 Å². The summed E-state index contributed by atoms with van der Waals surface area (Å²) in [7, 11) is 0. The van der Waals surface area contributed by atoms with Crippen LogP contribution in [0, 0.1) is 0 Å². The summed E-state index contributed by atoms with van der Waals surface area (Å²) in [6, 6.07) is 2.18. The van der Waals surface area contributed by atoms with E-state index in [0.29, 0.717) is 12.3 Å². The average Bonchev–Trinajstić information content (AvgIpc) is 2.39. The highest BCUT2D eigenvalue weighted by Gasteiger charge is 2.07. The Morgan fingerprint density at radius 2 is 2.10 bits per heavy atom. The third-order valence-corrected chi connectivity index (χ3v) is 2.16. The van der Waals surface area contributed by atoms with E-state index in [1.165, 1.54) is 18.3 Å². The maximum atomic E-state index is 11.5. The summed E-state index contributed by atoms with van der Waals surface area (Å²) in [4.78, 5) is 36.7. The second-order valence-corrected chi connectivity index (χ2v) is 3.67. The Morgan fingerprint density at radius 3 is 2.65 bits per heavy atom. The molecule has 0 aliphatic rings. The highest BCUT2D eigenvalue weighted by Crippen LogP contribution is 2.05. The summed E-state index contributed by atoms with van der Waals surface area (Å²) in [6.45, 7) is 2.14. The molecule has 1 aromatic rings. The minimum absolute atomic E-state index is 0.0808. The highest BCUT2D eigenvalue weighted by atomic mass is 16.5. The normalized spacial score (nSPS) is 9.65. The molecule has 0 unspecified atom stereocenters. The largest absolute Gasteiger partial charge is 0.477 e. The number of nitrogens with zero attached hydrogens (tertiary/aromatic N) is 1. The second-order valence-electron chi connectivity index (χ2n) is 3.67. The minimum atomic E-state index is -1.14. The van der Waals surface area contributed by atoms with Gasteiger partial charge in [0.2, 0.25) is 0 Å². The fourth-order valence-electron chi connectivity index (χ4n) is 1.28. The van der Waals surface area contributed by atoms with Gasteiger partial charge in [0.1, 0.15) is 5.69 Å². The van der Waals surface area contributed by atoms with Crippen LogP contribution in [0.15, 0.2) is 18.3 Å². The number of aromatic nitrogens is 1. The van der Waals surface area contributed by atoms with Gasteiger partial charge >= 0.3 is 18.0 Å². The number of carboxylic acids is 1. The van der Waals surface area contributed by atoms with Gasteiger partial charge in [0.05, 0.1) is 24.9 Å². The predicted octanol–water partition coefficient (Wildman–Crippen LogP) is 0.854. The van der Waals surface area contributed by atoms with Crippen LogP contribution in [-0.2, 0) is 9.53 Å². The van der Waals surface area contributed by atoms with Crippen LogP contribution in [0.4, 0.5) is 10.5 Å². The molecule has 1 heterocycles. The lowest BCUT2D eigenvalue weighted by Crippen LogP contribution is -2.30. The molecule has 3 N–H and O–H groups in total. The summed E-state index contributed by atoms with van der Waals surface area (Å²) in [5.41, 5.74) is 0.238. The topological polar surface area (TPSA) is 118 Å². The maximum absolute atomic E-state index is 11.5. The van der Waals surface area contributed by atoms with Crippen LogP contribution in [0.2, 0.25) is 0 Å². The van der Waals surface area contributed by atoms with Crippen molar-refractivity contribution < 1.29 is 24.2 Å². The van der Waals surface area contributed by atoms with Gasteiger partial charge < -0.3 is 20.5 Å². The van der Waals surface area contributed by atoms with Crippen molar-refractivity contribution in [1.82, 2.24) is 10.3 Å². The Hall–Kier alpha value is -2.64. The summed E-state index contributed by atoms with van der Waals surface area (Å²) < 4.78 is 4.70. The number of carbonyl (C=O) groups is 3. The van der Waals surface area contributed by atoms with Crippen molar-refractivity contribution in [2.45, 2.75) is 13.3 Å². The summed E-state index contributed by atoms with van der Waals surface area (Å²) >= 11 is 0. The molecule has 0 saturated carbocycles. The van der Waals surface area contributed by atoms with E-state index in [4.69, 9.17) is 9.84 Å². The summed E-state index contributed by atoms with van der Waals surface area (Å²) in [6.07, 6.45) is 1.31. The first kappa shape index (κ1) is 15.4. The lowest BCUT2D eigenvalue weighted by molar-refractivity contribution is -0.142. The van der Waals surface area contributed by atoms with Gasteiger partial charge in [-0.15, -0.1) is 0 Å². The van der Waals surface area contributed by atoms with Crippen LogP contribution in [0.5, 0.6) is 0 Å². The molecule has 0 spiro atoms. The van der Waals surface area contributed by atoms with Crippen molar-refractivity contribution in [3.63, 3.8) is 0 Å². The van der Waals surface area contributed by atoms with Crippen molar-refractivity contribution in [2.24, 2.45) is 0 Å². The van der Waals surface area contributed by atoms with Crippen molar-refractivity contribution in [1.29, 1.82) is 0 Å². The number of carboxylic acid groups (broad SMARTS) is 1. The van der Waals surface area contributed by atoms with Gasteiger partial charge in [-0.2, -0.15) is 0 Å². The molecule has 0 atom stereocenters. The lowest BCUT2D eigenvalue weighted by atomic mass is 10.3. The number of anilines is 1. The zero-order valence-corrected chi connectivity index (χ0v) is 10.9. The molecule has 0 aliphatic carbocycles. The molecule has 0 saturated heterocycles. The summed E-state index contributed by atoms with van der Waals surface area (Å²) in [5, 5.41) is 13.6. The zero-order valence-electron chi connectivity index (χ0n) is 10.9. The molecule has 0 aromatic carbocycles. The number of hydrogen-bond acceptors (Lipinski definition) is 5. The Kier molecular flexibility index (Phi) is 5.95. The van der Waals surface area contributed by atoms with E-state index in [-0.39, 0.29) is 24.6 Å². The van der Waals surface area contributed by atoms with E-state index in [2.05, 4.69) is 15.6 Å². The molecule has 0 aliphatic heterocycles. The van der Waals surface area contributed by atoms with Crippen LogP contribution in [0.1, 0.15) is 23.8 Å². The summed E-state index contributed by atoms with van der Waals surface area (Å²) in [5.74, 6) is -1.53. The first-order chi connectivity index (χ1) is 9.52. The number of amides is 2. The number of rotatable bonds is 6. The van der Waals surface area contributed by atoms with Crippen molar-refractivity contribution in [2.75, 3.05) is 18.5 Å². The number of urea groups is 1. The molecular weight excluding hydrogens is 266 g/mol. The molecule has 8 heteroatoms. The molecule has 0 radical (unpaired) electrons. The SMILES string of the molecule is CCOC(=O)CCNC(=O)Nc1ccc(C(=O)O)nc1.